The summed E-state index contributed by atoms with van der Waals surface area (Å²) >= 11 is 1.38. The van der Waals surface area contributed by atoms with Crippen LogP contribution in [-0.2, 0) is 9.59 Å². The molecule has 2 saturated heterocycles. The summed E-state index contributed by atoms with van der Waals surface area (Å²) in [7, 11) is 0. The fourth-order valence-corrected chi connectivity index (χ4v) is 4.67. The Kier molecular flexibility index (Phi) is 5.98. The van der Waals surface area contributed by atoms with E-state index in [1.807, 2.05) is 6.26 Å². The van der Waals surface area contributed by atoms with E-state index in [0.717, 1.165) is 5.56 Å². The van der Waals surface area contributed by atoms with E-state index in [-0.39, 0.29) is 28.5 Å². The van der Waals surface area contributed by atoms with Crippen molar-refractivity contribution in [3.05, 3.63) is 35.1 Å². The SMILES string of the molecule is CSCC(=O)N1CC2(CCN(C(=O)c3ccc(C)cc3F)CC2)CC1C(=O)O. The molecular weight excluding hydrogens is 383 g/mol. The number of rotatable bonds is 4. The van der Waals surface area contributed by atoms with Crippen molar-refractivity contribution in [2.75, 3.05) is 31.6 Å². The van der Waals surface area contributed by atoms with Gasteiger partial charge in [0.25, 0.3) is 5.91 Å². The molecular formula is C20H25FN2O4S. The van der Waals surface area contributed by atoms with Gasteiger partial charge in [0.15, 0.2) is 0 Å². The van der Waals surface area contributed by atoms with Crippen LogP contribution in [0.5, 0.6) is 0 Å². The number of carboxylic acid groups (broad SMARTS) is 1. The third kappa shape index (κ3) is 4.01. The number of carbonyl (C=O) groups is 3. The van der Waals surface area contributed by atoms with Gasteiger partial charge in [0, 0.05) is 19.6 Å². The van der Waals surface area contributed by atoms with Crippen LogP contribution in [0, 0.1) is 18.2 Å². The Hall–Kier alpha value is -2.09. The van der Waals surface area contributed by atoms with E-state index in [9.17, 15) is 23.9 Å². The molecule has 0 bridgehead atoms. The van der Waals surface area contributed by atoms with Gasteiger partial charge in [0.2, 0.25) is 5.91 Å². The Labute approximate surface area is 168 Å². The molecule has 0 saturated carbocycles. The van der Waals surface area contributed by atoms with Crippen molar-refractivity contribution in [2.24, 2.45) is 5.41 Å². The van der Waals surface area contributed by atoms with Gasteiger partial charge >= 0.3 is 5.97 Å². The van der Waals surface area contributed by atoms with E-state index in [1.165, 1.54) is 28.8 Å². The topological polar surface area (TPSA) is 77.9 Å². The lowest BCUT2D eigenvalue weighted by molar-refractivity contribution is -0.147. The Morgan fingerprint density at radius 2 is 1.96 bits per heavy atom. The number of nitrogens with zero attached hydrogens (tertiary/aromatic N) is 2. The molecule has 1 aromatic carbocycles. The summed E-state index contributed by atoms with van der Waals surface area (Å²) in [6, 6.07) is 3.76. The van der Waals surface area contributed by atoms with E-state index in [0.29, 0.717) is 38.9 Å². The summed E-state index contributed by atoms with van der Waals surface area (Å²) in [5, 5.41) is 9.55. The smallest absolute Gasteiger partial charge is 0.326 e. The maximum absolute atomic E-state index is 14.1. The van der Waals surface area contributed by atoms with Crippen molar-refractivity contribution in [1.82, 2.24) is 9.80 Å². The van der Waals surface area contributed by atoms with Crippen LogP contribution in [0.2, 0.25) is 0 Å². The molecule has 1 aromatic rings. The second kappa shape index (κ2) is 8.11. The molecule has 0 aromatic heterocycles. The molecule has 8 heteroatoms. The predicted molar refractivity (Wildman–Crippen MR) is 105 cm³/mol. The second-order valence-electron chi connectivity index (χ2n) is 7.79. The summed E-state index contributed by atoms with van der Waals surface area (Å²) < 4.78 is 14.1. The van der Waals surface area contributed by atoms with Gasteiger partial charge in [-0.15, -0.1) is 0 Å². The summed E-state index contributed by atoms with van der Waals surface area (Å²) in [5.41, 5.74) is 0.528. The monoisotopic (exact) mass is 408 g/mol. The average molecular weight is 408 g/mol. The zero-order valence-corrected chi connectivity index (χ0v) is 16.9. The lowest BCUT2D eigenvalue weighted by Gasteiger charge is -2.39. The molecule has 2 amide bonds. The van der Waals surface area contributed by atoms with Crippen LogP contribution in [-0.4, -0.2) is 70.4 Å². The molecule has 0 radical (unpaired) electrons. The number of thioether (sulfide) groups is 1. The van der Waals surface area contributed by atoms with Crippen molar-refractivity contribution < 1.29 is 23.9 Å². The number of amides is 2. The van der Waals surface area contributed by atoms with Crippen LogP contribution in [0.25, 0.3) is 0 Å². The number of benzene rings is 1. The molecule has 1 unspecified atom stereocenters. The number of aryl methyl sites for hydroxylation is 1. The van der Waals surface area contributed by atoms with Gasteiger partial charge in [-0.3, -0.25) is 9.59 Å². The second-order valence-corrected chi connectivity index (χ2v) is 8.65. The summed E-state index contributed by atoms with van der Waals surface area (Å²) in [6.45, 7) is 3.04. The molecule has 28 heavy (non-hydrogen) atoms. The first kappa shape index (κ1) is 20.6. The molecule has 1 N–H and O–H groups in total. The number of carbonyl (C=O) groups excluding carboxylic acids is 2. The minimum absolute atomic E-state index is 0.0631. The first-order valence-electron chi connectivity index (χ1n) is 9.33. The molecule has 2 fully saturated rings. The number of piperidine rings is 1. The quantitative estimate of drug-likeness (QED) is 0.828. The number of halogens is 1. The molecule has 6 nitrogen and oxygen atoms in total. The summed E-state index contributed by atoms with van der Waals surface area (Å²) in [5.74, 6) is -1.73. The molecule has 1 spiro atoms. The van der Waals surface area contributed by atoms with Gasteiger partial charge in [0.1, 0.15) is 11.9 Å². The van der Waals surface area contributed by atoms with Crippen molar-refractivity contribution >= 4 is 29.5 Å². The first-order valence-corrected chi connectivity index (χ1v) is 10.7. The van der Waals surface area contributed by atoms with E-state index in [2.05, 4.69) is 0 Å². The third-order valence-electron chi connectivity index (χ3n) is 5.85. The zero-order chi connectivity index (χ0) is 20.5. The van der Waals surface area contributed by atoms with Gasteiger partial charge in [-0.05, 0) is 55.6 Å². The largest absolute Gasteiger partial charge is 0.480 e. The van der Waals surface area contributed by atoms with E-state index in [4.69, 9.17) is 0 Å². The van der Waals surface area contributed by atoms with Crippen molar-refractivity contribution in [3.63, 3.8) is 0 Å². The van der Waals surface area contributed by atoms with Crippen molar-refractivity contribution in [3.8, 4) is 0 Å². The highest BCUT2D eigenvalue weighted by Crippen LogP contribution is 2.44. The standard InChI is InChI=1S/C20H25FN2O4S/c1-13-3-4-14(15(21)9-13)18(25)22-7-5-20(6-8-22)10-16(19(26)27)23(12-20)17(24)11-28-2/h3-4,9,16H,5-8,10-12H2,1-2H3,(H,26,27). The van der Waals surface area contributed by atoms with E-state index < -0.39 is 17.8 Å². The minimum atomic E-state index is -0.980. The Morgan fingerprint density at radius 1 is 1.29 bits per heavy atom. The number of hydrogen-bond acceptors (Lipinski definition) is 4. The lowest BCUT2D eigenvalue weighted by Crippen LogP contribution is -2.45. The Morgan fingerprint density at radius 3 is 2.54 bits per heavy atom. The summed E-state index contributed by atoms with van der Waals surface area (Å²) in [6.07, 6.45) is 3.44. The maximum atomic E-state index is 14.1. The van der Waals surface area contributed by atoms with E-state index in [1.54, 1.807) is 17.9 Å². The highest BCUT2D eigenvalue weighted by atomic mass is 32.2. The van der Waals surface area contributed by atoms with Crippen LogP contribution in [0.1, 0.15) is 35.2 Å². The molecule has 2 heterocycles. The van der Waals surface area contributed by atoms with Crippen LogP contribution in [0.15, 0.2) is 18.2 Å². The van der Waals surface area contributed by atoms with Crippen LogP contribution < -0.4 is 0 Å². The van der Waals surface area contributed by atoms with E-state index >= 15 is 0 Å². The number of likely N-dealkylation sites (tertiary alicyclic amines) is 2. The Bertz CT molecular complexity index is 792. The van der Waals surface area contributed by atoms with Crippen LogP contribution in [0.4, 0.5) is 4.39 Å². The van der Waals surface area contributed by atoms with Gasteiger partial charge < -0.3 is 14.9 Å². The normalized spacial score (nSPS) is 21.2. The van der Waals surface area contributed by atoms with Crippen LogP contribution >= 0.6 is 11.8 Å². The maximum Gasteiger partial charge on any atom is 0.326 e. The highest BCUT2D eigenvalue weighted by Gasteiger charge is 2.50. The van der Waals surface area contributed by atoms with Gasteiger partial charge in [-0.2, -0.15) is 11.8 Å². The Balaban J connectivity index is 1.69. The van der Waals surface area contributed by atoms with Gasteiger partial charge in [0.05, 0.1) is 11.3 Å². The minimum Gasteiger partial charge on any atom is -0.480 e. The molecule has 152 valence electrons. The lowest BCUT2D eigenvalue weighted by atomic mass is 9.76. The highest BCUT2D eigenvalue weighted by molar-refractivity contribution is 7.99. The molecule has 2 aliphatic heterocycles. The average Bonchev–Trinajstić information content (AvgIpc) is 3.02. The number of hydrogen-bond donors (Lipinski definition) is 1. The molecule has 0 aliphatic carbocycles. The fourth-order valence-electron chi connectivity index (χ4n) is 4.26. The van der Waals surface area contributed by atoms with Gasteiger partial charge in [-0.25, -0.2) is 9.18 Å². The van der Waals surface area contributed by atoms with Crippen molar-refractivity contribution in [1.29, 1.82) is 0 Å². The molecule has 1 atom stereocenters. The zero-order valence-electron chi connectivity index (χ0n) is 16.1. The van der Waals surface area contributed by atoms with Crippen molar-refractivity contribution in [2.45, 2.75) is 32.2 Å². The number of aliphatic carboxylic acids is 1. The summed E-state index contributed by atoms with van der Waals surface area (Å²) in [4.78, 5) is 39.8. The first-order chi connectivity index (χ1) is 13.3. The molecule has 3 rings (SSSR count). The van der Waals surface area contributed by atoms with Gasteiger partial charge in [-0.1, -0.05) is 6.07 Å². The third-order valence-corrected chi connectivity index (χ3v) is 6.38. The molecule has 2 aliphatic rings. The number of carboxylic acids is 1. The predicted octanol–water partition coefficient (Wildman–Crippen LogP) is 2.41. The fraction of sp³-hybridized carbons (Fsp3) is 0.550. The van der Waals surface area contributed by atoms with Crippen LogP contribution in [0.3, 0.4) is 0 Å².